The van der Waals surface area contributed by atoms with Crippen LogP contribution in [0.5, 0.6) is 0 Å². The van der Waals surface area contributed by atoms with Gasteiger partial charge in [-0.05, 0) is 159 Å². The Morgan fingerprint density at radius 2 is 0.793 bits per heavy atom. The van der Waals surface area contributed by atoms with Crippen molar-refractivity contribution in [2.24, 2.45) is 28.2 Å². The van der Waals surface area contributed by atoms with Crippen LogP contribution in [-0.4, -0.2) is 205 Å². The molecule has 8 amide bonds. The highest BCUT2D eigenvalue weighted by Crippen LogP contribution is 2.30. The third-order valence-electron chi connectivity index (χ3n) is 18.0. The van der Waals surface area contributed by atoms with Crippen molar-refractivity contribution in [1.29, 1.82) is 0 Å². The summed E-state index contributed by atoms with van der Waals surface area (Å²) in [4.78, 5) is 223. The van der Waals surface area contributed by atoms with Crippen molar-refractivity contribution in [3.63, 3.8) is 0 Å². The molecule has 3 aliphatic rings. The number of nitrogens with zero attached hydrogens (tertiary/aromatic N) is 1. The molecule has 0 bridgehead atoms. The minimum Gasteiger partial charge on any atom is -0.466 e. The summed E-state index contributed by atoms with van der Waals surface area (Å²) in [5.74, 6) is -16.3. The Balaban J connectivity index is 0.000000812. The van der Waals surface area contributed by atoms with Crippen LogP contribution >= 0.6 is 0 Å². The zero-order chi connectivity index (χ0) is 102. The largest absolute Gasteiger partial charge is 0.466 e. The summed E-state index contributed by atoms with van der Waals surface area (Å²) in [5, 5.41) is 20.1. The van der Waals surface area contributed by atoms with Crippen LogP contribution in [0.1, 0.15) is 150 Å². The summed E-state index contributed by atoms with van der Waals surface area (Å²) in [6, 6.07) is 35.7. The summed E-state index contributed by atoms with van der Waals surface area (Å²) in [7, 11) is 0. The molecule has 3 aliphatic heterocycles. The smallest absolute Gasteiger partial charge is 0.333 e. The van der Waals surface area contributed by atoms with E-state index in [9.17, 15) is 91.1 Å². The first-order valence-electron chi connectivity index (χ1n) is 42.9. The number of rotatable bonds is 39. The Morgan fingerprint density at radius 3 is 1.13 bits per heavy atom. The number of anilines is 6. The molecular weight excluding hydrogens is 1760 g/mol. The molecule has 0 radical (unpaired) electrons. The molecule has 0 aliphatic carbocycles. The van der Waals surface area contributed by atoms with E-state index in [1.807, 2.05) is 49.4 Å². The number of carbonyl (C=O) groups excluding carboxylic acids is 19. The average molecular weight is 1880 g/mol. The third-order valence-corrected chi connectivity index (χ3v) is 18.0. The molecule has 39 nitrogen and oxygen atoms in total. The number of isocyanates is 1. The number of amides is 8. The van der Waals surface area contributed by atoms with E-state index >= 15 is 0 Å². The van der Waals surface area contributed by atoms with E-state index in [4.69, 9.17) is 29.4 Å². The van der Waals surface area contributed by atoms with Crippen LogP contribution in [-0.2, 0) is 158 Å². The number of ether oxygens (including phenoxy) is 10. The molecule has 3 atom stereocenters. The van der Waals surface area contributed by atoms with Crippen molar-refractivity contribution in [3.05, 3.63) is 186 Å². The molecule has 39 heteroatoms. The van der Waals surface area contributed by atoms with Crippen molar-refractivity contribution in [1.82, 2.24) is 16.0 Å². The van der Waals surface area contributed by atoms with E-state index in [2.05, 4.69) is 142 Å². The molecule has 0 spiro atoms. The van der Waals surface area contributed by atoms with E-state index in [0.717, 1.165) is 22.4 Å². The van der Waals surface area contributed by atoms with Gasteiger partial charge in [-0.3, -0.25) is 71.9 Å². The summed E-state index contributed by atoms with van der Waals surface area (Å²) in [6.07, 6.45) is 5.67. The number of nitrogens with two attached hydrogens (primary N) is 1. The van der Waals surface area contributed by atoms with Gasteiger partial charge in [0.2, 0.25) is 71.1 Å². The van der Waals surface area contributed by atoms with E-state index in [0.29, 0.717) is 52.8 Å². The van der Waals surface area contributed by atoms with Crippen molar-refractivity contribution in [2.75, 3.05) is 125 Å². The normalized spacial score (nSPS) is 11.7. The Morgan fingerprint density at radius 1 is 0.452 bits per heavy atom. The van der Waals surface area contributed by atoms with Gasteiger partial charge >= 0.3 is 59.7 Å². The number of hydrogen-bond donors (Lipinski definition) is 9. The molecule has 0 fully saturated rings. The molecule has 0 aromatic heterocycles. The number of benzene rings is 5. The molecule has 10 N–H and O–H groups in total. The number of nitrogen functional groups attached to an aromatic ring is 1. The zero-order valence-corrected chi connectivity index (χ0v) is 78.7. The van der Waals surface area contributed by atoms with Gasteiger partial charge < -0.3 is 95.6 Å². The van der Waals surface area contributed by atoms with Gasteiger partial charge in [0.25, 0.3) is 0 Å². The predicted octanol–water partition coefficient (Wildman–Crippen LogP) is 9.13. The lowest BCUT2D eigenvalue weighted by atomic mass is 9.91. The quantitative estimate of drug-likeness (QED) is 0.00259. The first kappa shape index (κ1) is 118. The Labute approximate surface area is 784 Å². The maximum absolute atomic E-state index is 12.7. The fourth-order valence-corrected chi connectivity index (χ4v) is 10.5. The van der Waals surface area contributed by atoms with Crippen LogP contribution < -0.4 is 48.3 Å². The van der Waals surface area contributed by atoms with Gasteiger partial charge in [0.05, 0.1) is 90.5 Å². The molecule has 8 rings (SSSR count). The Kier molecular flexibility index (Phi) is 56.9. The average Bonchev–Trinajstić information content (AvgIpc) is 1.43. The third kappa shape index (κ3) is 46.9. The van der Waals surface area contributed by atoms with Crippen LogP contribution in [0.15, 0.2) is 163 Å². The second-order valence-electron chi connectivity index (χ2n) is 29.2. The molecule has 3 heterocycles. The van der Waals surface area contributed by atoms with E-state index in [1.54, 1.807) is 105 Å². The number of carbonyl (C=O) groups is 18. The van der Waals surface area contributed by atoms with Gasteiger partial charge in [-0.2, -0.15) is 0 Å². The van der Waals surface area contributed by atoms with Crippen molar-refractivity contribution < 1.29 is 138 Å². The second kappa shape index (κ2) is 65.3. The monoisotopic (exact) mass is 1880 g/mol. The Hall–Kier alpha value is -15.3. The minimum absolute atomic E-state index is 0.00944. The first-order valence-corrected chi connectivity index (χ1v) is 42.9. The predicted molar refractivity (Wildman–Crippen MR) is 499 cm³/mol. The summed E-state index contributed by atoms with van der Waals surface area (Å²) in [6.45, 7) is 38.0. The topological polar surface area (TPSA) is 551 Å². The molecular formula is C96H124N10O29. The maximum atomic E-state index is 12.7. The van der Waals surface area contributed by atoms with Crippen molar-refractivity contribution in [3.8, 4) is 0 Å². The number of esters is 10. The number of fused-ring (bicyclic) bond motifs is 3. The lowest BCUT2D eigenvalue weighted by Crippen LogP contribution is -2.44. The molecule has 0 saturated heterocycles. The summed E-state index contributed by atoms with van der Waals surface area (Å²) >= 11 is 0. The molecule has 0 saturated carbocycles. The zero-order valence-electron chi connectivity index (χ0n) is 78.7. The van der Waals surface area contributed by atoms with Gasteiger partial charge in [0, 0.05) is 50.8 Å². The van der Waals surface area contributed by atoms with Crippen molar-refractivity contribution >= 4 is 153 Å². The van der Waals surface area contributed by atoms with Gasteiger partial charge in [0.1, 0.15) is 32.8 Å². The van der Waals surface area contributed by atoms with E-state index < -0.39 is 112 Å². The molecule has 732 valence electrons. The van der Waals surface area contributed by atoms with Crippen LogP contribution in [0.2, 0.25) is 0 Å². The van der Waals surface area contributed by atoms with E-state index in [1.165, 1.54) is 43.5 Å². The van der Waals surface area contributed by atoms with Gasteiger partial charge in [-0.25, -0.2) is 24.2 Å². The van der Waals surface area contributed by atoms with Gasteiger partial charge in [-0.1, -0.05) is 132 Å². The Bertz CT molecular complexity index is 4930. The number of aliphatic imine (C=N–C) groups is 1. The minimum atomic E-state index is -1.76. The molecule has 135 heavy (non-hydrogen) atoms. The molecule has 5 aromatic carbocycles. The summed E-state index contributed by atoms with van der Waals surface area (Å²) in [5.41, 5.74) is 14.1. The van der Waals surface area contributed by atoms with Crippen LogP contribution in [0.4, 0.5) is 34.1 Å². The fraction of sp³-hybridized carbons (Fsp3) is 0.406. The fourth-order valence-electron chi connectivity index (χ4n) is 10.5. The molecule has 3 unspecified atom stereocenters. The first-order chi connectivity index (χ1) is 64.1. The van der Waals surface area contributed by atoms with Crippen LogP contribution in [0, 0.1) is 23.2 Å². The maximum Gasteiger partial charge on any atom is 0.333 e. The highest BCUT2D eigenvalue weighted by molar-refractivity contribution is 6.21. The lowest BCUT2D eigenvalue weighted by Gasteiger charge is -2.20. The lowest BCUT2D eigenvalue weighted by molar-refractivity contribution is -0.166. The second-order valence-corrected chi connectivity index (χ2v) is 29.2. The number of hydrogen-bond acceptors (Lipinski definition) is 31. The van der Waals surface area contributed by atoms with Crippen LogP contribution in [0.25, 0.3) is 6.08 Å². The van der Waals surface area contributed by atoms with Crippen molar-refractivity contribution in [2.45, 2.75) is 141 Å². The highest BCUT2D eigenvalue weighted by atomic mass is 16.6. The standard InChI is InChI=1S/C22H29N3O7.C20H23N3O7.C14H21NO7.C10H14.C8H8N2O.C8H8.C7H9NO3.C7H12O4/c1-5-22(3,4)21(30)32-10-9-23-18(27)17(20(29)31-6-2)19(28)24-14-8-7-13-11-16(26)25-15(13)12-14;1-4-29-20(28)16(17(25)21-7-8-30-19(27)11(2)3)18(26)22-13-6-5-12-9-15(24)23-14(12)10-13;1-5-20-13(18)10(14(19)21-6-2)11(16)15-7-8-22-12(17)9(3)4;1-3-9(2)10-7-5-4-6-8-10;9-6-2-1-5-3-8(11)10-7(5)4-6;1-2-8-6-4-3-5-7-8;1-6(2)7(10)11-4-3-8-5-9;1-3-10-6(8)5-7(9)11-4-2/h7-8,12,17H,5-6,9-11H2,1-4H3,(H,23,27)(H,24,28)(H,25,26);5-6,10,16H,2,4,7-9H2,1,3H3,(H,21,25)(H,22,26)(H,23,24);10H,3,5-8H2,1-2,4H3,(H,15,16);4-9H,3H2,1-2H3;1-2,4H,3,9H2,(H,10,11);2-7H,1H2;1,3-4H2,2H3;3-5H2,1-2H3. The van der Waals surface area contributed by atoms with Gasteiger partial charge in [0.15, 0.2) is 0 Å². The summed E-state index contributed by atoms with van der Waals surface area (Å²) < 4.78 is 47.4. The van der Waals surface area contributed by atoms with Crippen LogP contribution in [0.3, 0.4) is 0 Å². The number of nitrogens with one attached hydrogen (secondary N) is 8. The van der Waals surface area contributed by atoms with E-state index in [-0.39, 0.29) is 140 Å². The SMILES string of the molecule is C=C(C)C(=O)OCCN=C=O.C=C(C)C(=O)OCCNC(=O)C(C(=O)Nc1ccc2c(c1)NC(=O)C2)C(=O)OCC.C=C(C)C(=O)OCCNC(=O)C(C(=O)OCC)C(=O)OCC.C=Cc1ccccc1.CCC(C)c1ccccc1.CCOC(=O)C(C(=O)NCCOC(=O)C(C)(C)CC)C(=O)Nc1ccc2c(c1)NC(=O)C2.CCOC(=O)CC(=O)OCC.Nc1ccc2c(c1)NC(=O)C2. The molecule has 5 aromatic rings. The highest BCUT2D eigenvalue weighted by Gasteiger charge is 2.39. The van der Waals surface area contributed by atoms with Gasteiger partial charge in [-0.15, -0.1) is 0 Å².